The minimum absolute atomic E-state index is 0.00762. The first-order valence-electron chi connectivity index (χ1n) is 18.8. The van der Waals surface area contributed by atoms with Crippen molar-refractivity contribution in [3.63, 3.8) is 0 Å². The summed E-state index contributed by atoms with van der Waals surface area (Å²) in [5, 5.41) is 3.49. The molecule has 0 saturated carbocycles. The summed E-state index contributed by atoms with van der Waals surface area (Å²) < 4.78 is 25.6. The van der Waals surface area contributed by atoms with Crippen molar-refractivity contribution in [3.05, 3.63) is 82.0 Å². The topological polar surface area (TPSA) is 179 Å². The van der Waals surface area contributed by atoms with Crippen LogP contribution in [0.1, 0.15) is 52.0 Å². The number of nitrogens with one attached hydrogen (secondary N) is 1. The lowest BCUT2D eigenvalue weighted by Gasteiger charge is -2.47. The highest BCUT2D eigenvalue weighted by Crippen LogP contribution is 2.39. The average molecular weight is 779 g/mol. The molecule has 8 rings (SSSR count). The van der Waals surface area contributed by atoms with Crippen molar-refractivity contribution < 1.29 is 42.9 Å². The number of likely N-dealkylation sites (tertiary alicyclic amines) is 1. The van der Waals surface area contributed by atoms with Gasteiger partial charge in [-0.3, -0.25) is 48.9 Å². The number of hydrogen-bond donors (Lipinski definition) is 1. The second-order valence-electron chi connectivity index (χ2n) is 14.8. The van der Waals surface area contributed by atoms with Crippen molar-refractivity contribution in [2.75, 3.05) is 53.6 Å². The summed E-state index contributed by atoms with van der Waals surface area (Å²) in [6.45, 7) is 2.70. The number of carbonyl (C=O) groups excluding carboxylic acids is 5. The van der Waals surface area contributed by atoms with Gasteiger partial charge in [-0.1, -0.05) is 6.07 Å². The van der Waals surface area contributed by atoms with Crippen LogP contribution in [0.5, 0.6) is 17.2 Å². The van der Waals surface area contributed by atoms with Gasteiger partial charge in [-0.25, -0.2) is 0 Å². The fourth-order valence-corrected chi connectivity index (χ4v) is 8.37. The van der Waals surface area contributed by atoms with Gasteiger partial charge in [-0.15, -0.1) is 0 Å². The summed E-state index contributed by atoms with van der Waals surface area (Å²) in [7, 11) is 4.97. The van der Waals surface area contributed by atoms with Gasteiger partial charge in [0.15, 0.2) is 6.61 Å². The Bertz CT molecular complexity index is 2360. The number of carbonyl (C=O) groups is 5. The second kappa shape index (κ2) is 15.1. The zero-order chi connectivity index (χ0) is 40.0. The third-order valence-corrected chi connectivity index (χ3v) is 11.4. The molecule has 1 unspecified atom stereocenters. The number of nitrogens with zero attached hydrogens (tertiary/aromatic N) is 5. The number of aryl methyl sites for hydroxylation is 1. The molecule has 0 aliphatic carbocycles. The van der Waals surface area contributed by atoms with E-state index >= 15 is 0 Å². The Labute approximate surface area is 327 Å². The van der Waals surface area contributed by atoms with Crippen LogP contribution in [0.15, 0.2) is 59.8 Å². The highest BCUT2D eigenvalue weighted by atomic mass is 16.5. The summed E-state index contributed by atoms with van der Waals surface area (Å²) >= 11 is 0. The van der Waals surface area contributed by atoms with E-state index in [2.05, 4.69) is 15.2 Å². The third-order valence-electron chi connectivity index (χ3n) is 11.4. The smallest absolute Gasteiger partial charge is 0.266 e. The number of morpholine rings is 1. The van der Waals surface area contributed by atoms with Crippen LogP contribution >= 0.6 is 0 Å². The minimum atomic E-state index is -1.11. The van der Waals surface area contributed by atoms with Crippen LogP contribution in [-0.4, -0.2) is 119 Å². The highest BCUT2D eigenvalue weighted by Gasteiger charge is 2.46. The molecule has 0 bridgehead atoms. The van der Waals surface area contributed by atoms with Crippen LogP contribution in [0, 0.1) is 0 Å². The Kier molecular flexibility index (Phi) is 9.99. The molecular weight excluding hydrogens is 736 g/mol. The van der Waals surface area contributed by atoms with Crippen LogP contribution in [0.4, 0.5) is 0 Å². The van der Waals surface area contributed by atoms with Crippen molar-refractivity contribution in [2.24, 2.45) is 7.05 Å². The summed E-state index contributed by atoms with van der Waals surface area (Å²) in [5.74, 6) is -1.41. The first-order valence-corrected chi connectivity index (χ1v) is 18.8. The number of pyridine rings is 2. The molecule has 3 fully saturated rings. The molecule has 4 aliphatic heterocycles. The van der Waals surface area contributed by atoms with Crippen LogP contribution < -0.4 is 25.1 Å². The number of benzene rings is 2. The van der Waals surface area contributed by atoms with Gasteiger partial charge in [0.1, 0.15) is 23.3 Å². The average Bonchev–Trinajstić information content (AvgIpc) is 3.48. The largest absolute Gasteiger partial charge is 0.496 e. The normalized spacial score (nSPS) is 19.5. The van der Waals surface area contributed by atoms with E-state index in [1.165, 1.54) is 12.1 Å². The van der Waals surface area contributed by atoms with Gasteiger partial charge in [0, 0.05) is 70.3 Å². The van der Waals surface area contributed by atoms with Gasteiger partial charge in [0.05, 0.1) is 48.5 Å². The molecule has 16 nitrogen and oxygen atoms in total. The first kappa shape index (κ1) is 37.8. The second-order valence-corrected chi connectivity index (χ2v) is 14.8. The number of fused-ring (bicyclic) bond motifs is 2. The summed E-state index contributed by atoms with van der Waals surface area (Å²) in [6.07, 6.45) is 6.45. The number of hydrogen-bond acceptors (Lipinski definition) is 12. The zero-order valence-electron chi connectivity index (χ0n) is 31.9. The predicted octanol–water partition coefficient (Wildman–Crippen LogP) is 2.29. The highest BCUT2D eigenvalue weighted by molar-refractivity contribution is 6.24. The molecule has 57 heavy (non-hydrogen) atoms. The standard InChI is InChI=1S/C41H42N6O10/c1-44-20-28(25-9-12-42-19-27(25)38(44)51)24-17-32(54-2)29(33(18-24)55-3)21-45-13-10-41(11-14-45)23-46(15-16-57-41)35(49)22-56-31-6-4-5-26-36(31)40(53)47(39(26)52)30-7-8-34(48)43-37(30)50/h4-6,9,12,17-20,30H,7-8,10-11,13-16,21-23H2,1-3H3,(H,43,48,50). The quantitative estimate of drug-likeness (QED) is 0.246. The van der Waals surface area contributed by atoms with Crippen LogP contribution in [0.2, 0.25) is 0 Å². The summed E-state index contributed by atoms with van der Waals surface area (Å²) in [4.78, 5) is 86.3. The molecule has 4 aliphatic rings. The van der Waals surface area contributed by atoms with E-state index < -0.39 is 35.3 Å². The van der Waals surface area contributed by atoms with Crippen molar-refractivity contribution in [2.45, 2.75) is 43.9 Å². The Morgan fingerprint density at radius 3 is 2.42 bits per heavy atom. The van der Waals surface area contributed by atoms with Gasteiger partial charge in [-0.05, 0) is 60.5 Å². The Hall–Kier alpha value is -6.13. The van der Waals surface area contributed by atoms with Crippen LogP contribution in [0.25, 0.3) is 21.9 Å². The number of methoxy groups -OCH3 is 2. The van der Waals surface area contributed by atoms with Gasteiger partial charge in [0.25, 0.3) is 23.3 Å². The molecule has 4 aromatic rings. The van der Waals surface area contributed by atoms with E-state index in [-0.39, 0.29) is 47.8 Å². The lowest BCUT2D eigenvalue weighted by molar-refractivity contribution is -0.161. The molecule has 2 aromatic carbocycles. The van der Waals surface area contributed by atoms with Crippen LogP contribution in [0.3, 0.4) is 0 Å². The van der Waals surface area contributed by atoms with E-state index in [0.29, 0.717) is 69.1 Å². The summed E-state index contributed by atoms with van der Waals surface area (Å²) in [6, 6.07) is 9.20. The number of ether oxygens (including phenoxy) is 4. The lowest BCUT2D eigenvalue weighted by Crippen LogP contribution is -2.58. The SMILES string of the molecule is COc1cc(-c2cn(C)c(=O)c3cnccc23)cc(OC)c1CN1CCC2(CC1)CN(C(=O)COc1cccc3c1C(=O)N(C1CCC(=O)NC1=O)C3=O)CCO2. The Morgan fingerprint density at radius 2 is 1.70 bits per heavy atom. The summed E-state index contributed by atoms with van der Waals surface area (Å²) in [5.41, 5.74) is 1.98. The molecule has 0 radical (unpaired) electrons. The number of aromatic nitrogens is 2. The van der Waals surface area contributed by atoms with E-state index in [1.807, 2.05) is 24.4 Å². The monoisotopic (exact) mass is 778 g/mol. The number of rotatable bonds is 9. The molecule has 1 spiro atoms. The predicted molar refractivity (Wildman–Crippen MR) is 204 cm³/mol. The van der Waals surface area contributed by atoms with E-state index in [1.54, 1.807) is 49.2 Å². The molecule has 16 heteroatoms. The van der Waals surface area contributed by atoms with Gasteiger partial charge >= 0.3 is 0 Å². The minimum Gasteiger partial charge on any atom is -0.496 e. The maximum Gasteiger partial charge on any atom is 0.266 e. The molecule has 6 heterocycles. The van der Waals surface area contributed by atoms with Crippen molar-refractivity contribution in [3.8, 4) is 28.4 Å². The molecule has 3 saturated heterocycles. The maximum atomic E-state index is 13.6. The lowest BCUT2D eigenvalue weighted by atomic mass is 9.89. The van der Waals surface area contributed by atoms with Crippen molar-refractivity contribution >= 4 is 40.3 Å². The molecule has 296 valence electrons. The molecule has 1 N–H and O–H groups in total. The fourth-order valence-electron chi connectivity index (χ4n) is 8.37. The van der Waals surface area contributed by atoms with E-state index in [0.717, 1.165) is 27.0 Å². The van der Waals surface area contributed by atoms with Gasteiger partial charge in [-0.2, -0.15) is 0 Å². The number of amides is 5. The van der Waals surface area contributed by atoms with E-state index in [4.69, 9.17) is 18.9 Å². The first-order chi connectivity index (χ1) is 27.5. The fraction of sp³-hybridized carbons (Fsp3) is 0.390. The number of imide groups is 2. The molecular formula is C41H42N6O10. The third kappa shape index (κ3) is 6.88. The van der Waals surface area contributed by atoms with E-state index in [9.17, 15) is 28.8 Å². The zero-order valence-corrected chi connectivity index (χ0v) is 31.9. The Morgan fingerprint density at radius 1 is 0.947 bits per heavy atom. The molecule has 1 atom stereocenters. The van der Waals surface area contributed by atoms with Gasteiger partial charge in [0.2, 0.25) is 11.8 Å². The van der Waals surface area contributed by atoms with Crippen LogP contribution in [-0.2, 0) is 32.7 Å². The van der Waals surface area contributed by atoms with Crippen molar-refractivity contribution in [1.82, 2.24) is 29.6 Å². The molecule has 2 aromatic heterocycles. The number of piperidine rings is 2. The maximum absolute atomic E-state index is 13.6. The van der Waals surface area contributed by atoms with Gasteiger partial charge < -0.3 is 28.4 Å². The van der Waals surface area contributed by atoms with Crippen molar-refractivity contribution in [1.29, 1.82) is 0 Å². The Balaban J connectivity index is 0.914. The molecule has 5 amide bonds.